The number of carbonyl (C=O) groups excluding carboxylic acids is 1. The highest BCUT2D eigenvalue weighted by Crippen LogP contribution is 2.27. The Balaban J connectivity index is 2.19. The van der Waals surface area contributed by atoms with Crippen molar-refractivity contribution >= 4 is 16.1 Å². The van der Waals surface area contributed by atoms with Crippen LogP contribution in [0.25, 0.3) is 0 Å². The van der Waals surface area contributed by atoms with Gasteiger partial charge < -0.3 is 14.6 Å². The number of benzene rings is 1. The highest BCUT2D eigenvalue weighted by molar-refractivity contribution is 7.91. The van der Waals surface area contributed by atoms with E-state index in [1.54, 1.807) is 12.1 Å². The molecule has 0 bridgehead atoms. The van der Waals surface area contributed by atoms with Crippen LogP contribution in [0.4, 0.5) is 0 Å². The van der Waals surface area contributed by atoms with E-state index >= 15 is 0 Å². The van der Waals surface area contributed by atoms with Crippen molar-refractivity contribution < 1.29 is 27.8 Å². The molecule has 1 aromatic rings. The summed E-state index contributed by atoms with van der Waals surface area (Å²) in [5.74, 6) is 0.180. The molecule has 7 heteroatoms. The quantitative estimate of drug-likeness (QED) is 0.782. The van der Waals surface area contributed by atoms with E-state index in [1.165, 1.54) is 6.07 Å². The smallest absolute Gasteiger partial charge is 0.156 e. The number of aliphatic hydroxyl groups excluding tert-OH is 1. The Bertz CT molecular complexity index is 610. The van der Waals surface area contributed by atoms with Crippen LogP contribution >= 0.6 is 0 Å². The maximum atomic E-state index is 11.5. The SMILES string of the molecule is CCCOc1ccc(C=O)c(OC2CS(=O)(=O)CC2O)c1. The molecule has 0 radical (unpaired) electrons. The van der Waals surface area contributed by atoms with Crippen molar-refractivity contribution in [3.63, 3.8) is 0 Å². The monoisotopic (exact) mass is 314 g/mol. The molecule has 2 unspecified atom stereocenters. The number of hydrogen-bond acceptors (Lipinski definition) is 6. The van der Waals surface area contributed by atoms with E-state index in [0.717, 1.165) is 6.42 Å². The fraction of sp³-hybridized carbons (Fsp3) is 0.500. The molecule has 0 saturated carbocycles. The molecule has 0 aromatic heterocycles. The number of hydrogen-bond donors (Lipinski definition) is 1. The molecule has 1 heterocycles. The van der Waals surface area contributed by atoms with Gasteiger partial charge in [0.15, 0.2) is 16.1 Å². The van der Waals surface area contributed by atoms with E-state index in [4.69, 9.17) is 9.47 Å². The summed E-state index contributed by atoms with van der Waals surface area (Å²) in [4.78, 5) is 11.0. The fourth-order valence-electron chi connectivity index (χ4n) is 2.10. The van der Waals surface area contributed by atoms with E-state index in [0.29, 0.717) is 18.6 Å². The standard InChI is InChI=1S/C14H18O6S/c1-2-5-19-11-4-3-10(7-15)13(6-11)20-14-9-21(17,18)8-12(14)16/h3-4,6-7,12,14,16H,2,5,8-9H2,1H3. The molecule has 116 valence electrons. The second-order valence-electron chi connectivity index (χ2n) is 4.97. The average molecular weight is 314 g/mol. The van der Waals surface area contributed by atoms with Gasteiger partial charge in [-0.3, -0.25) is 4.79 Å². The molecular weight excluding hydrogens is 296 g/mol. The second-order valence-corrected chi connectivity index (χ2v) is 7.12. The first-order valence-corrected chi connectivity index (χ1v) is 8.54. The Hall–Kier alpha value is -1.60. The van der Waals surface area contributed by atoms with Gasteiger partial charge in [0, 0.05) is 6.07 Å². The molecule has 1 aliphatic heterocycles. The van der Waals surface area contributed by atoms with Crippen molar-refractivity contribution in [3.8, 4) is 11.5 Å². The van der Waals surface area contributed by atoms with Gasteiger partial charge in [-0.2, -0.15) is 0 Å². The van der Waals surface area contributed by atoms with Crippen LogP contribution in [0.5, 0.6) is 11.5 Å². The van der Waals surface area contributed by atoms with Gasteiger partial charge in [-0.1, -0.05) is 6.92 Å². The van der Waals surface area contributed by atoms with Gasteiger partial charge in [-0.05, 0) is 18.6 Å². The zero-order chi connectivity index (χ0) is 15.5. The minimum absolute atomic E-state index is 0.222. The molecule has 2 rings (SSSR count). The summed E-state index contributed by atoms with van der Waals surface area (Å²) in [5, 5.41) is 9.74. The Labute approximate surface area is 123 Å². The van der Waals surface area contributed by atoms with E-state index in [9.17, 15) is 18.3 Å². The Morgan fingerprint density at radius 1 is 1.38 bits per heavy atom. The lowest BCUT2D eigenvalue weighted by atomic mass is 10.2. The van der Waals surface area contributed by atoms with Gasteiger partial charge in [-0.25, -0.2) is 8.42 Å². The number of sulfone groups is 1. The first-order valence-electron chi connectivity index (χ1n) is 6.72. The van der Waals surface area contributed by atoms with Gasteiger partial charge in [0.25, 0.3) is 0 Å². The summed E-state index contributed by atoms with van der Waals surface area (Å²) in [6.45, 7) is 2.50. The zero-order valence-electron chi connectivity index (χ0n) is 11.7. The topological polar surface area (TPSA) is 89.9 Å². The predicted octanol–water partition coefficient (Wildman–Crippen LogP) is 0.825. The van der Waals surface area contributed by atoms with E-state index in [-0.39, 0.29) is 22.8 Å². The lowest BCUT2D eigenvalue weighted by Crippen LogP contribution is -2.30. The van der Waals surface area contributed by atoms with Crippen molar-refractivity contribution in [2.24, 2.45) is 0 Å². The summed E-state index contributed by atoms with van der Waals surface area (Å²) in [6.07, 6.45) is -0.496. The molecule has 1 aliphatic rings. The van der Waals surface area contributed by atoms with Gasteiger partial charge in [0.05, 0.1) is 23.7 Å². The normalized spacial score (nSPS) is 23.7. The van der Waals surface area contributed by atoms with Crippen LogP contribution in [-0.2, 0) is 9.84 Å². The lowest BCUT2D eigenvalue weighted by Gasteiger charge is -2.17. The number of aliphatic hydroxyl groups is 1. The molecular formula is C14H18O6S. The van der Waals surface area contributed by atoms with Gasteiger partial charge in [-0.15, -0.1) is 0 Å². The molecule has 21 heavy (non-hydrogen) atoms. The molecule has 2 atom stereocenters. The largest absolute Gasteiger partial charge is 0.493 e. The van der Waals surface area contributed by atoms with Crippen LogP contribution in [-0.4, -0.2) is 50.1 Å². The fourth-order valence-corrected chi connectivity index (χ4v) is 3.76. The van der Waals surface area contributed by atoms with E-state index in [1.807, 2.05) is 6.92 Å². The third-order valence-electron chi connectivity index (χ3n) is 3.14. The molecule has 1 aromatic carbocycles. The van der Waals surface area contributed by atoms with Crippen molar-refractivity contribution in [2.75, 3.05) is 18.1 Å². The average Bonchev–Trinajstić information content (AvgIpc) is 2.69. The number of carbonyl (C=O) groups is 1. The Morgan fingerprint density at radius 2 is 2.14 bits per heavy atom. The molecule has 0 spiro atoms. The van der Waals surface area contributed by atoms with E-state index < -0.39 is 22.0 Å². The van der Waals surface area contributed by atoms with Crippen LogP contribution < -0.4 is 9.47 Å². The highest BCUT2D eigenvalue weighted by Gasteiger charge is 2.38. The number of rotatable bonds is 6. The molecule has 0 aliphatic carbocycles. The highest BCUT2D eigenvalue weighted by atomic mass is 32.2. The van der Waals surface area contributed by atoms with Crippen molar-refractivity contribution in [2.45, 2.75) is 25.6 Å². The van der Waals surface area contributed by atoms with Crippen LogP contribution in [0, 0.1) is 0 Å². The van der Waals surface area contributed by atoms with Crippen molar-refractivity contribution in [3.05, 3.63) is 23.8 Å². The Morgan fingerprint density at radius 3 is 2.71 bits per heavy atom. The van der Waals surface area contributed by atoms with Gasteiger partial charge >= 0.3 is 0 Å². The molecule has 0 amide bonds. The van der Waals surface area contributed by atoms with Crippen molar-refractivity contribution in [1.82, 2.24) is 0 Å². The summed E-state index contributed by atoms with van der Waals surface area (Å²) < 4.78 is 33.9. The maximum Gasteiger partial charge on any atom is 0.156 e. The molecule has 1 N–H and O–H groups in total. The van der Waals surface area contributed by atoms with Gasteiger partial charge in [0.2, 0.25) is 0 Å². The lowest BCUT2D eigenvalue weighted by molar-refractivity contribution is 0.0726. The summed E-state index contributed by atoms with van der Waals surface area (Å²) in [7, 11) is -3.30. The number of ether oxygens (including phenoxy) is 2. The summed E-state index contributed by atoms with van der Waals surface area (Å²) >= 11 is 0. The molecule has 6 nitrogen and oxygen atoms in total. The van der Waals surface area contributed by atoms with Crippen LogP contribution in [0.2, 0.25) is 0 Å². The van der Waals surface area contributed by atoms with Crippen LogP contribution in [0.15, 0.2) is 18.2 Å². The zero-order valence-corrected chi connectivity index (χ0v) is 12.5. The third kappa shape index (κ3) is 3.95. The van der Waals surface area contributed by atoms with Crippen molar-refractivity contribution in [1.29, 1.82) is 0 Å². The first-order chi connectivity index (χ1) is 9.95. The minimum Gasteiger partial charge on any atom is -0.493 e. The van der Waals surface area contributed by atoms with E-state index in [2.05, 4.69) is 0 Å². The maximum absolute atomic E-state index is 11.5. The predicted molar refractivity (Wildman–Crippen MR) is 76.7 cm³/mol. The van der Waals surface area contributed by atoms with Crippen LogP contribution in [0.3, 0.4) is 0 Å². The van der Waals surface area contributed by atoms with Crippen LogP contribution in [0.1, 0.15) is 23.7 Å². The van der Waals surface area contributed by atoms with Gasteiger partial charge in [0.1, 0.15) is 23.7 Å². The second kappa shape index (κ2) is 6.44. The molecule has 1 saturated heterocycles. The summed E-state index contributed by atoms with van der Waals surface area (Å²) in [5.41, 5.74) is 0.287. The molecule has 1 fully saturated rings. The number of aldehydes is 1. The third-order valence-corrected chi connectivity index (χ3v) is 4.82. The minimum atomic E-state index is -3.30. The first kappa shape index (κ1) is 15.8. The summed E-state index contributed by atoms with van der Waals surface area (Å²) in [6, 6.07) is 4.73. The Kier molecular flexibility index (Phi) is 4.84.